The average molecular weight is 405 g/mol. The summed E-state index contributed by atoms with van der Waals surface area (Å²) < 4.78 is 0.759. The van der Waals surface area contributed by atoms with Crippen molar-refractivity contribution in [3.05, 3.63) is 62.5 Å². The van der Waals surface area contributed by atoms with Crippen molar-refractivity contribution in [2.24, 2.45) is 0 Å². The summed E-state index contributed by atoms with van der Waals surface area (Å²) >= 11 is 3.41. The molecular formula is C17H17BrN4O3. The zero-order valence-electron chi connectivity index (χ0n) is 13.4. The Kier molecular flexibility index (Phi) is 5.28. The molecule has 1 aromatic heterocycles. The number of H-pyrrole nitrogens is 1. The first-order valence-electron chi connectivity index (χ1n) is 7.95. The number of aromatic nitrogens is 2. The Labute approximate surface area is 152 Å². The molecule has 1 aliphatic heterocycles. The van der Waals surface area contributed by atoms with Crippen molar-refractivity contribution in [3.8, 4) is 0 Å². The van der Waals surface area contributed by atoms with E-state index in [9.17, 15) is 14.4 Å². The SMILES string of the molecule is O=C(c1ccc(=O)[nH]n1)N1CCCN(C(=O)c2ccccc2Br)CC1. The van der Waals surface area contributed by atoms with E-state index in [0.29, 0.717) is 38.2 Å². The van der Waals surface area contributed by atoms with Gasteiger partial charge in [-0.1, -0.05) is 12.1 Å². The Balaban J connectivity index is 1.69. The van der Waals surface area contributed by atoms with E-state index in [2.05, 4.69) is 26.1 Å². The van der Waals surface area contributed by atoms with Crippen LogP contribution in [0.15, 0.2) is 45.7 Å². The van der Waals surface area contributed by atoms with Crippen LogP contribution >= 0.6 is 15.9 Å². The molecule has 0 radical (unpaired) electrons. The van der Waals surface area contributed by atoms with Gasteiger partial charge in [-0.25, -0.2) is 5.10 Å². The van der Waals surface area contributed by atoms with Gasteiger partial charge in [-0.05, 0) is 40.5 Å². The molecule has 0 aliphatic carbocycles. The first-order valence-corrected chi connectivity index (χ1v) is 8.74. The fraction of sp³-hybridized carbons (Fsp3) is 0.294. The number of hydrogen-bond acceptors (Lipinski definition) is 4. The van der Waals surface area contributed by atoms with Gasteiger partial charge in [0.15, 0.2) is 0 Å². The van der Waals surface area contributed by atoms with Crippen molar-refractivity contribution in [2.75, 3.05) is 26.2 Å². The van der Waals surface area contributed by atoms with Gasteiger partial charge in [0.2, 0.25) is 0 Å². The standard InChI is InChI=1S/C17H17BrN4O3/c18-13-5-2-1-4-12(13)16(24)21-8-3-9-22(11-10-21)17(25)14-6-7-15(23)20-19-14/h1-2,4-7H,3,8-11H2,(H,20,23). The van der Waals surface area contributed by atoms with Crippen LogP contribution in [0.1, 0.15) is 27.3 Å². The smallest absolute Gasteiger partial charge is 0.274 e. The number of benzene rings is 1. The molecule has 0 spiro atoms. The van der Waals surface area contributed by atoms with Crippen LogP contribution < -0.4 is 5.56 Å². The van der Waals surface area contributed by atoms with Crippen LogP contribution in [-0.2, 0) is 0 Å². The third-order valence-corrected chi connectivity index (χ3v) is 4.76. The van der Waals surface area contributed by atoms with Crippen molar-refractivity contribution in [1.82, 2.24) is 20.0 Å². The van der Waals surface area contributed by atoms with E-state index < -0.39 is 0 Å². The molecule has 130 valence electrons. The van der Waals surface area contributed by atoms with Crippen LogP contribution in [0.4, 0.5) is 0 Å². The molecule has 0 atom stereocenters. The van der Waals surface area contributed by atoms with E-state index in [-0.39, 0.29) is 23.1 Å². The second-order valence-corrected chi connectivity index (χ2v) is 6.58. The van der Waals surface area contributed by atoms with Crippen LogP contribution in [0, 0.1) is 0 Å². The molecule has 2 amide bonds. The maximum Gasteiger partial charge on any atom is 0.274 e. The van der Waals surface area contributed by atoms with Crippen LogP contribution in [0.3, 0.4) is 0 Å². The van der Waals surface area contributed by atoms with Crippen molar-refractivity contribution < 1.29 is 9.59 Å². The zero-order valence-corrected chi connectivity index (χ0v) is 15.0. The molecule has 8 heteroatoms. The number of nitrogens with zero attached hydrogens (tertiary/aromatic N) is 3. The number of rotatable bonds is 2. The summed E-state index contributed by atoms with van der Waals surface area (Å²) in [6, 6.07) is 10.00. The molecule has 1 aromatic carbocycles. The van der Waals surface area contributed by atoms with Crippen LogP contribution in [-0.4, -0.2) is 58.0 Å². The molecule has 1 aliphatic rings. The highest BCUT2D eigenvalue weighted by Gasteiger charge is 2.25. The zero-order chi connectivity index (χ0) is 17.8. The van der Waals surface area contributed by atoms with Gasteiger partial charge in [0.05, 0.1) is 5.56 Å². The van der Waals surface area contributed by atoms with Gasteiger partial charge < -0.3 is 9.80 Å². The van der Waals surface area contributed by atoms with Crippen molar-refractivity contribution in [3.63, 3.8) is 0 Å². The lowest BCUT2D eigenvalue weighted by Crippen LogP contribution is -2.38. The molecule has 25 heavy (non-hydrogen) atoms. The van der Waals surface area contributed by atoms with Crippen LogP contribution in [0.5, 0.6) is 0 Å². The van der Waals surface area contributed by atoms with Crippen molar-refractivity contribution in [1.29, 1.82) is 0 Å². The second-order valence-electron chi connectivity index (χ2n) is 5.72. The fourth-order valence-electron chi connectivity index (χ4n) is 2.75. The lowest BCUT2D eigenvalue weighted by Gasteiger charge is -2.22. The second kappa shape index (κ2) is 7.60. The van der Waals surface area contributed by atoms with E-state index in [4.69, 9.17) is 0 Å². The van der Waals surface area contributed by atoms with Crippen molar-refractivity contribution in [2.45, 2.75) is 6.42 Å². The number of nitrogens with one attached hydrogen (secondary N) is 1. The van der Waals surface area contributed by atoms with E-state index in [1.54, 1.807) is 15.9 Å². The minimum Gasteiger partial charge on any atom is -0.337 e. The monoisotopic (exact) mass is 404 g/mol. The number of aromatic amines is 1. The third kappa shape index (κ3) is 3.96. The first kappa shape index (κ1) is 17.3. The highest BCUT2D eigenvalue weighted by molar-refractivity contribution is 9.10. The quantitative estimate of drug-likeness (QED) is 0.821. The molecule has 0 bridgehead atoms. The molecule has 1 fully saturated rings. The normalized spacial score (nSPS) is 14.9. The van der Waals surface area contributed by atoms with E-state index in [1.165, 1.54) is 12.1 Å². The number of halogens is 1. The Bertz CT molecular complexity index is 831. The molecule has 2 aromatic rings. The van der Waals surface area contributed by atoms with Gasteiger partial charge in [-0.15, -0.1) is 0 Å². The average Bonchev–Trinajstić information content (AvgIpc) is 2.88. The predicted molar refractivity (Wildman–Crippen MR) is 95.4 cm³/mol. The number of carbonyl (C=O) groups is 2. The summed E-state index contributed by atoms with van der Waals surface area (Å²) in [6.45, 7) is 2.01. The van der Waals surface area contributed by atoms with Gasteiger partial charge >= 0.3 is 0 Å². The van der Waals surface area contributed by atoms with E-state index in [1.807, 2.05) is 18.2 Å². The molecular weight excluding hydrogens is 388 g/mol. The van der Waals surface area contributed by atoms with Crippen LogP contribution in [0.25, 0.3) is 0 Å². The Hall–Kier alpha value is -2.48. The minimum atomic E-state index is -0.349. The molecule has 1 N–H and O–H groups in total. The Morgan fingerprint density at radius 2 is 1.64 bits per heavy atom. The summed E-state index contributed by atoms with van der Waals surface area (Å²) in [7, 11) is 0. The summed E-state index contributed by atoms with van der Waals surface area (Å²) in [4.78, 5) is 39.7. The van der Waals surface area contributed by atoms with E-state index >= 15 is 0 Å². The summed E-state index contributed by atoms with van der Waals surface area (Å²) in [5.41, 5.74) is 0.465. The lowest BCUT2D eigenvalue weighted by molar-refractivity contribution is 0.0714. The molecule has 2 heterocycles. The highest BCUT2D eigenvalue weighted by atomic mass is 79.9. The highest BCUT2D eigenvalue weighted by Crippen LogP contribution is 2.19. The number of hydrogen-bond donors (Lipinski definition) is 1. The number of carbonyl (C=O) groups excluding carboxylic acids is 2. The van der Waals surface area contributed by atoms with E-state index in [0.717, 1.165) is 4.47 Å². The Morgan fingerprint density at radius 3 is 2.28 bits per heavy atom. The van der Waals surface area contributed by atoms with Gasteiger partial charge in [-0.3, -0.25) is 14.4 Å². The van der Waals surface area contributed by atoms with Gasteiger partial charge in [0, 0.05) is 36.7 Å². The van der Waals surface area contributed by atoms with Gasteiger partial charge in [0.1, 0.15) is 5.69 Å². The maximum absolute atomic E-state index is 12.7. The largest absolute Gasteiger partial charge is 0.337 e. The summed E-state index contributed by atoms with van der Waals surface area (Å²) in [5.74, 6) is -0.296. The summed E-state index contributed by atoms with van der Waals surface area (Å²) in [5, 5.41) is 6.05. The predicted octanol–water partition coefficient (Wildman–Crippen LogP) is 1.52. The first-order chi connectivity index (χ1) is 12.1. The third-order valence-electron chi connectivity index (χ3n) is 4.07. The molecule has 7 nitrogen and oxygen atoms in total. The van der Waals surface area contributed by atoms with Crippen molar-refractivity contribution >= 4 is 27.7 Å². The summed E-state index contributed by atoms with van der Waals surface area (Å²) in [6.07, 6.45) is 0.686. The topological polar surface area (TPSA) is 86.4 Å². The van der Waals surface area contributed by atoms with Crippen LogP contribution in [0.2, 0.25) is 0 Å². The lowest BCUT2D eigenvalue weighted by atomic mass is 10.2. The van der Waals surface area contributed by atoms with Gasteiger partial charge in [0.25, 0.3) is 17.4 Å². The van der Waals surface area contributed by atoms with Gasteiger partial charge in [-0.2, -0.15) is 5.10 Å². The Morgan fingerprint density at radius 1 is 0.960 bits per heavy atom. The molecule has 3 rings (SSSR count). The number of amides is 2. The molecule has 0 saturated carbocycles. The fourth-order valence-corrected chi connectivity index (χ4v) is 3.21. The molecule has 0 unspecified atom stereocenters. The molecule has 1 saturated heterocycles. The minimum absolute atomic E-state index is 0.0519. The maximum atomic E-state index is 12.7.